The monoisotopic (exact) mass is 228 g/mol. The minimum Gasteiger partial charge on any atom is -0.300 e. The predicted molar refractivity (Wildman–Crippen MR) is 73.1 cm³/mol. The van der Waals surface area contributed by atoms with E-state index in [0.29, 0.717) is 0 Å². The van der Waals surface area contributed by atoms with E-state index in [1.54, 1.807) is 0 Å². The number of aryl methyl sites for hydroxylation is 1. The van der Waals surface area contributed by atoms with Gasteiger partial charge >= 0.3 is 0 Å². The summed E-state index contributed by atoms with van der Waals surface area (Å²) in [6.07, 6.45) is 1.87. The highest BCUT2D eigenvalue weighted by atomic mass is 15.1. The number of fused-ring (bicyclic) bond motifs is 1. The van der Waals surface area contributed by atoms with Gasteiger partial charge in [-0.2, -0.15) is 0 Å². The summed E-state index contributed by atoms with van der Waals surface area (Å²) in [4.78, 5) is 6.91. The number of hydrogen-bond acceptors (Lipinski definition) is 2. The zero-order chi connectivity index (χ0) is 12.3. The molecule has 90 valence electrons. The van der Waals surface area contributed by atoms with Crippen molar-refractivity contribution in [2.75, 3.05) is 13.1 Å². The van der Waals surface area contributed by atoms with Crippen LogP contribution in [-0.4, -0.2) is 23.0 Å². The van der Waals surface area contributed by atoms with Crippen LogP contribution in [0.15, 0.2) is 30.5 Å². The largest absolute Gasteiger partial charge is 0.300 e. The first kappa shape index (κ1) is 12.1. The van der Waals surface area contributed by atoms with E-state index in [-0.39, 0.29) is 0 Å². The average Bonchev–Trinajstić information content (AvgIpc) is 2.38. The molecule has 0 spiro atoms. The lowest BCUT2D eigenvalue weighted by Gasteiger charge is -2.19. The Morgan fingerprint density at radius 2 is 1.88 bits per heavy atom. The van der Waals surface area contributed by atoms with E-state index in [1.165, 1.54) is 16.5 Å². The van der Waals surface area contributed by atoms with Gasteiger partial charge in [-0.1, -0.05) is 32.0 Å². The van der Waals surface area contributed by atoms with Crippen LogP contribution in [0.25, 0.3) is 10.9 Å². The first-order valence-electron chi connectivity index (χ1n) is 6.31. The van der Waals surface area contributed by atoms with Crippen LogP contribution in [0.1, 0.15) is 25.0 Å². The van der Waals surface area contributed by atoms with Gasteiger partial charge in [0.25, 0.3) is 0 Å². The summed E-state index contributed by atoms with van der Waals surface area (Å²) in [5.74, 6) is 0. The second kappa shape index (κ2) is 5.28. The maximum atomic E-state index is 4.48. The van der Waals surface area contributed by atoms with Crippen molar-refractivity contribution in [3.63, 3.8) is 0 Å². The second-order valence-corrected chi connectivity index (χ2v) is 4.40. The Balaban J connectivity index is 2.44. The van der Waals surface area contributed by atoms with Gasteiger partial charge in [-0.25, -0.2) is 0 Å². The molecular formula is C15H20N2. The first-order chi connectivity index (χ1) is 8.26. The van der Waals surface area contributed by atoms with Gasteiger partial charge in [0, 0.05) is 18.1 Å². The SMILES string of the molecule is CCN(CC)Cc1ccc(C)c2ncccc12. The molecule has 0 N–H and O–H groups in total. The number of rotatable bonds is 4. The van der Waals surface area contributed by atoms with Crippen molar-refractivity contribution in [3.8, 4) is 0 Å². The van der Waals surface area contributed by atoms with E-state index >= 15 is 0 Å². The fourth-order valence-electron chi connectivity index (χ4n) is 2.20. The number of nitrogens with zero attached hydrogens (tertiary/aromatic N) is 2. The van der Waals surface area contributed by atoms with Crippen LogP contribution < -0.4 is 0 Å². The Bertz CT molecular complexity index is 501. The molecule has 2 rings (SSSR count). The number of pyridine rings is 1. The van der Waals surface area contributed by atoms with Gasteiger partial charge in [0.15, 0.2) is 0 Å². The molecule has 0 bridgehead atoms. The van der Waals surface area contributed by atoms with Gasteiger partial charge < -0.3 is 0 Å². The summed E-state index contributed by atoms with van der Waals surface area (Å²) in [5, 5.41) is 1.29. The van der Waals surface area contributed by atoms with Crippen LogP contribution in [0.5, 0.6) is 0 Å². The van der Waals surface area contributed by atoms with Crippen LogP contribution >= 0.6 is 0 Å². The van der Waals surface area contributed by atoms with Gasteiger partial charge in [0.2, 0.25) is 0 Å². The van der Waals surface area contributed by atoms with E-state index in [4.69, 9.17) is 0 Å². The van der Waals surface area contributed by atoms with Crippen molar-refractivity contribution >= 4 is 10.9 Å². The minimum absolute atomic E-state index is 1.01. The summed E-state index contributed by atoms with van der Waals surface area (Å²) in [7, 11) is 0. The molecule has 0 fully saturated rings. The Hall–Kier alpha value is -1.41. The van der Waals surface area contributed by atoms with Crippen LogP contribution in [0, 0.1) is 6.92 Å². The van der Waals surface area contributed by atoms with Crippen molar-refractivity contribution in [1.82, 2.24) is 9.88 Å². The third kappa shape index (κ3) is 2.47. The van der Waals surface area contributed by atoms with Crippen molar-refractivity contribution in [1.29, 1.82) is 0 Å². The van der Waals surface area contributed by atoms with E-state index in [9.17, 15) is 0 Å². The van der Waals surface area contributed by atoms with Crippen LogP contribution in [-0.2, 0) is 6.54 Å². The third-order valence-electron chi connectivity index (χ3n) is 3.35. The van der Waals surface area contributed by atoms with Gasteiger partial charge in [-0.05, 0) is 37.2 Å². The van der Waals surface area contributed by atoms with Gasteiger partial charge in [0.1, 0.15) is 0 Å². The lowest BCUT2D eigenvalue weighted by atomic mass is 10.0. The predicted octanol–water partition coefficient (Wildman–Crippen LogP) is 3.39. The maximum absolute atomic E-state index is 4.48. The Kier molecular flexibility index (Phi) is 3.75. The molecule has 2 nitrogen and oxygen atoms in total. The van der Waals surface area contributed by atoms with Crippen molar-refractivity contribution in [2.45, 2.75) is 27.3 Å². The van der Waals surface area contributed by atoms with Crippen LogP contribution in [0.2, 0.25) is 0 Å². The van der Waals surface area contributed by atoms with Crippen molar-refractivity contribution < 1.29 is 0 Å². The molecule has 0 saturated heterocycles. The average molecular weight is 228 g/mol. The molecule has 0 aliphatic heterocycles. The Morgan fingerprint density at radius 3 is 2.59 bits per heavy atom. The Labute approximate surface area is 103 Å². The number of hydrogen-bond donors (Lipinski definition) is 0. The summed E-state index contributed by atoms with van der Waals surface area (Å²) >= 11 is 0. The van der Waals surface area contributed by atoms with Gasteiger partial charge in [0.05, 0.1) is 5.52 Å². The smallest absolute Gasteiger partial charge is 0.0734 e. The minimum atomic E-state index is 1.01. The highest BCUT2D eigenvalue weighted by Crippen LogP contribution is 2.21. The molecule has 0 aliphatic carbocycles. The molecule has 0 atom stereocenters. The van der Waals surface area contributed by atoms with Crippen LogP contribution in [0.3, 0.4) is 0 Å². The quantitative estimate of drug-likeness (QED) is 0.797. The number of aromatic nitrogens is 1. The number of benzene rings is 1. The standard InChI is InChI=1S/C15H20N2/c1-4-17(5-2)11-13-9-8-12(3)15-14(13)7-6-10-16-15/h6-10H,4-5,11H2,1-3H3. The summed E-state index contributed by atoms with van der Waals surface area (Å²) in [5.41, 5.74) is 3.77. The molecule has 0 radical (unpaired) electrons. The van der Waals surface area contributed by atoms with E-state index in [0.717, 1.165) is 25.2 Å². The maximum Gasteiger partial charge on any atom is 0.0734 e. The van der Waals surface area contributed by atoms with Gasteiger partial charge in [-0.3, -0.25) is 9.88 Å². The summed E-state index contributed by atoms with van der Waals surface area (Å²) < 4.78 is 0. The normalized spacial score (nSPS) is 11.3. The highest BCUT2D eigenvalue weighted by molar-refractivity contribution is 5.84. The molecular weight excluding hydrogens is 208 g/mol. The zero-order valence-electron chi connectivity index (χ0n) is 10.9. The van der Waals surface area contributed by atoms with E-state index in [1.807, 2.05) is 12.3 Å². The second-order valence-electron chi connectivity index (χ2n) is 4.40. The Morgan fingerprint density at radius 1 is 1.12 bits per heavy atom. The van der Waals surface area contributed by atoms with Crippen LogP contribution in [0.4, 0.5) is 0 Å². The topological polar surface area (TPSA) is 16.1 Å². The third-order valence-corrected chi connectivity index (χ3v) is 3.35. The zero-order valence-corrected chi connectivity index (χ0v) is 10.9. The highest BCUT2D eigenvalue weighted by Gasteiger charge is 2.07. The summed E-state index contributed by atoms with van der Waals surface area (Å²) in [6.45, 7) is 9.72. The summed E-state index contributed by atoms with van der Waals surface area (Å²) in [6, 6.07) is 8.60. The van der Waals surface area contributed by atoms with E-state index in [2.05, 4.69) is 48.9 Å². The van der Waals surface area contributed by atoms with Crippen molar-refractivity contribution in [2.24, 2.45) is 0 Å². The van der Waals surface area contributed by atoms with Crippen molar-refractivity contribution in [3.05, 3.63) is 41.6 Å². The molecule has 1 aromatic heterocycles. The fourth-order valence-corrected chi connectivity index (χ4v) is 2.20. The molecule has 0 aliphatic rings. The molecule has 0 saturated carbocycles. The molecule has 1 aromatic carbocycles. The fraction of sp³-hybridized carbons (Fsp3) is 0.400. The molecule has 17 heavy (non-hydrogen) atoms. The first-order valence-corrected chi connectivity index (χ1v) is 6.31. The molecule has 0 unspecified atom stereocenters. The van der Waals surface area contributed by atoms with E-state index < -0.39 is 0 Å². The molecule has 1 heterocycles. The van der Waals surface area contributed by atoms with Gasteiger partial charge in [-0.15, -0.1) is 0 Å². The molecule has 2 heteroatoms. The molecule has 0 amide bonds. The lowest BCUT2D eigenvalue weighted by molar-refractivity contribution is 0.297. The lowest BCUT2D eigenvalue weighted by Crippen LogP contribution is -2.22. The molecule has 2 aromatic rings.